The second-order valence-corrected chi connectivity index (χ2v) is 10.2. The number of hydrogen-bond donors (Lipinski definition) is 1. The maximum Gasteiger partial charge on any atom is 0.241 e. The van der Waals surface area contributed by atoms with E-state index in [2.05, 4.69) is 14.3 Å². The van der Waals surface area contributed by atoms with Gasteiger partial charge in [0.05, 0.1) is 4.90 Å². The number of aromatic nitrogens is 2. The van der Waals surface area contributed by atoms with E-state index in [0.29, 0.717) is 17.4 Å². The summed E-state index contributed by atoms with van der Waals surface area (Å²) in [5.74, 6) is 0.777. The molecule has 5 nitrogen and oxygen atoms in total. The molecule has 4 rings (SSSR count). The van der Waals surface area contributed by atoms with Crippen LogP contribution in [0.1, 0.15) is 42.5 Å². The smallest absolute Gasteiger partial charge is 0.241 e. The van der Waals surface area contributed by atoms with E-state index in [0.717, 1.165) is 22.0 Å². The molecule has 0 spiro atoms. The maximum atomic E-state index is 12.9. The van der Waals surface area contributed by atoms with Gasteiger partial charge in [0.2, 0.25) is 10.0 Å². The molecule has 7 heteroatoms. The van der Waals surface area contributed by atoms with Gasteiger partial charge in [-0.05, 0) is 43.9 Å². The number of imidazole rings is 1. The van der Waals surface area contributed by atoms with E-state index < -0.39 is 10.0 Å². The molecule has 1 unspecified atom stereocenters. The SMILES string of the molecule is Cc1ccc(S(=O)(=O)NC(CCSc2nccn2C2CC2)c2ccccc2)cc1. The molecule has 1 fully saturated rings. The molecule has 3 aromatic rings. The van der Waals surface area contributed by atoms with Crippen molar-refractivity contribution in [1.29, 1.82) is 0 Å². The summed E-state index contributed by atoms with van der Waals surface area (Å²) in [6.45, 7) is 1.94. The topological polar surface area (TPSA) is 64.0 Å². The Balaban J connectivity index is 1.48. The number of hydrogen-bond acceptors (Lipinski definition) is 4. The van der Waals surface area contributed by atoms with Gasteiger partial charge in [0.15, 0.2) is 5.16 Å². The zero-order valence-corrected chi connectivity index (χ0v) is 18.0. The van der Waals surface area contributed by atoms with Crippen molar-refractivity contribution in [3.8, 4) is 0 Å². The van der Waals surface area contributed by atoms with Gasteiger partial charge in [-0.3, -0.25) is 0 Å². The highest BCUT2D eigenvalue weighted by molar-refractivity contribution is 7.99. The van der Waals surface area contributed by atoms with E-state index in [-0.39, 0.29) is 6.04 Å². The number of nitrogens with one attached hydrogen (secondary N) is 1. The Bertz CT molecular complexity index is 1040. The van der Waals surface area contributed by atoms with Crippen LogP contribution in [0.15, 0.2) is 77.0 Å². The van der Waals surface area contributed by atoms with E-state index in [1.807, 2.05) is 61.8 Å². The van der Waals surface area contributed by atoms with Crippen LogP contribution in [0.4, 0.5) is 0 Å². The van der Waals surface area contributed by atoms with Crippen LogP contribution in [-0.2, 0) is 10.0 Å². The Morgan fingerprint density at radius 1 is 1.14 bits per heavy atom. The second kappa shape index (κ2) is 8.73. The summed E-state index contributed by atoms with van der Waals surface area (Å²) in [5.41, 5.74) is 2.00. The summed E-state index contributed by atoms with van der Waals surface area (Å²) in [6, 6.07) is 17.0. The lowest BCUT2D eigenvalue weighted by atomic mass is 10.1. The van der Waals surface area contributed by atoms with Crippen molar-refractivity contribution < 1.29 is 8.42 Å². The van der Waals surface area contributed by atoms with Crippen molar-refractivity contribution in [2.75, 3.05) is 5.75 Å². The first kappa shape index (κ1) is 20.2. The maximum absolute atomic E-state index is 12.9. The Labute approximate surface area is 176 Å². The van der Waals surface area contributed by atoms with Crippen LogP contribution in [0.3, 0.4) is 0 Å². The third-order valence-corrected chi connectivity index (χ3v) is 7.54. The van der Waals surface area contributed by atoms with Crippen molar-refractivity contribution >= 4 is 21.8 Å². The number of nitrogens with zero attached hydrogens (tertiary/aromatic N) is 2. The number of thioether (sulfide) groups is 1. The minimum atomic E-state index is -3.60. The van der Waals surface area contributed by atoms with E-state index in [1.165, 1.54) is 12.8 Å². The summed E-state index contributed by atoms with van der Waals surface area (Å²) in [5, 5.41) is 1.01. The molecule has 0 bridgehead atoms. The van der Waals surface area contributed by atoms with Gasteiger partial charge in [0, 0.05) is 30.2 Å². The van der Waals surface area contributed by atoms with Gasteiger partial charge in [0.1, 0.15) is 0 Å². The van der Waals surface area contributed by atoms with E-state index >= 15 is 0 Å². The molecule has 1 N–H and O–H groups in total. The van der Waals surface area contributed by atoms with Crippen LogP contribution < -0.4 is 4.72 Å². The summed E-state index contributed by atoms with van der Waals surface area (Å²) in [4.78, 5) is 4.76. The van der Waals surface area contributed by atoms with Crippen molar-refractivity contribution in [3.63, 3.8) is 0 Å². The highest BCUT2D eigenvalue weighted by Crippen LogP contribution is 2.38. The Hall–Kier alpha value is -2.09. The first-order valence-electron chi connectivity index (χ1n) is 9.82. The molecule has 1 atom stereocenters. The van der Waals surface area contributed by atoms with Crippen LogP contribution in [0.25, 0.3) is 0 Å². The van der Waals surface area contributed by atoms with Crippen LogP contribution in [0, 0.1) is 6.92 Å². The fraction of sp³-hybridized carbons (Fsp3) is 0.318. The van der Waals surface area contributed by atoms with Crippen molar-refractivity contribution in [3.05, 3.63) is 78.1 Å². The van der Waals surface area contributed by atoms with E-state index in [9.17, 15) is 8.42 Å². The van der Waals surface area contributed by atoms with Gasteiger partial charge >= 0.3 is 0 Å². The zero-order chi connectivity index (χ0) is 20.3. The summed E-state index contributed by atoms with van der Waals surface area (Å²) in [7, 11) is -3.60. The average molecular weight is 428 g/mol. The lowest BCUT2D eigenvalue weighted by molar-refractivity contribution is 0.551. The molecule has 0 radical (unpaired) electrons. The number of rotatable bonds is 9. The van der Waals surface area contributed by atoms with Gasteiger partial charge in [-0.1, -0.05) is 59.8 Å². The molecule has 0 saturated heterocycles. The highest BCUT2D eigenvalue weighted by atomic mass is 32.2. The standard InChI is InChI=1S/C22H25N3O2S2/c1-17-7-11-20(12-8-17)29(26,27)24-21(18-5-3-2-4-6-18)13-16-28-22-23-14-15-25(22)19-9-10-19/h2-8,11-12,14-15,19,21,24H,9-10,13,16H2,1H3. The summed E-state index contributed by atoms with van der Waals surface area (Å²) in [6.07, 6.45) is 6.99. The molecule has 0 amide bonds. The van der Waals surface area contributed by atoms with Gasteiger partial charge in [-0.15, -0.1) is 0 Å². The van der Waals surface area contributed by atoms with Gasteiger partial charge < -0.3 is 4.57 Å². The first-order chi connectivity index (χ1) is 14.0. The fourth-order valence-electron chi connectivity index (χ4n) is 3.26. The van der Waals surface area contributed by atoms with Crippen LogP contribution in [-0.4, -0.2) is 23.7 Å². The molecule has 1 aromatic heterocycles. The van der Waals surface area contributed by atoms with E-state index in [4.69, 9.17) is 0 Å². The van der Waals surface area contributed by atoms with Crippen molar-refractivity contribution in [2.45, 2.75) is 48.3 Å². The fourth-order valence-corrected chi connectivity index (χ4v) is 5.55. The third-order valence-electron chi connectivity index (χ3n) is 5.04. The minimum Gasteiger partial charge on any atom is -0.323 e. The highest BCUT2D eigenvalue weighted by Gasteiger charge is 2.26. The predicted octanol–water partition coefficient (Wildman–Crippen LogP) is 4.73. The third kappa shape index (κ3) is 5.10. The number of benzene rings is 2. The van der Waals surface area contributed by atoms with Crippen molar-refractivity contribution in [2.24, 2.45) is 0 Å². The van der Waals surface area contributed by atoms with Crippen LogP contribution in [0.2, 0.25) is 0 Å². The molecule has 1 aliphatic carbocycles. The summed E-state index contributed by atoms with van der Waals surface area (Å²) < 4.78 is 31.0. The molecule has 2 aromatic carbocycles. The average Bonchev–Trinajstić information content (AvgIpc) is 3.46. The minimum absolute atomic E-state index is 0.292. The first-order valence-corrected chi connectivity index (χ1v) is 12.3. The monoisotopic (exact) mass is 427 g/mol. The molecule has 1 aliphatic rings. The second-order valence-electron chi connectivity index (χ2n) is 7.38. The Kier molecular flexibility index (Phi) is 6.08. The molecule has 29 heavy (non-hydrogen) atoms. The molecular formula is C22H25N3O2S2. The van der Waals surface area contributed by atoms with Gasteiger partial charge in [-0.2, -0.15) is 0 Å². The van der Waals surface area contributed by atoms with Gasteiger partial charge in [-0.25, -0.2) is 18.1 Å². The quantitative estimate of drug-likeness (QED) is 0.502. The molecule has 152 valence electrons. The normalized spacial score (nSPS) is 15.3. The lowest BCUT2D eigenvalue weighted by Crippen LogP contribution is -2.29. The Morgan fingerprint density at radius 2 is 1.86 bits per heavy atom. The Morgan fingerprint density at radius 3 is 2.55 bits per heavy atom. The zero-order valence-electron chi connectivity index (χ0n) is 16.4. The van der Waals surface area contributed by atoms with Crippen LogP contribution >= 0.6 is 11.8 Å². The lowest BCUT2D eigenvalue weighted by Gasteiger charge is -2.19. The van der Waals surface area contributed by atoms with Crippen LogP contribution in [0.5, 0.6) is 0 Å². The molecular weight excluding hydrogens is 402 g/mol. The van der Waals surface area contributed by atoms with E-state index in [1.54, 1.807) is 23.9 Å². The number of aryl methyl sites for hydroxylation is 1. The molecule has 1 heterocycles. The molecule has 1 saturated carbocycles. The predicted molar refractivity (Wildman–Crippen MR) is 117 cm³/mol. The van der Waals surface area contributed by atoms with Crippen molar-refractivity contribution in [1.82, 2.24) is 14.3 Å². The largest absolute Gasteiger partial charge is 0.323 e. The summed E-state index contributed by atoms with van der Waals surface area (Å²) >= 11 is 1.69. The number of sulfonamides is 1. The molecule has 0 aliphatic heterocycles. The van der Waals surface area contributed by atoms with Gasteiger partial charge in [0.25, 0.3) is 0 Å².